The Kier molecular flexibility index (Phi) is 4.48. The zero-order valence-corrected chi connectivity index (χ0v) is 8.85. The summed E-state index contributed by atoms with van der Waals surface area (Å²) < 4.78 is 12.8. The molecule has 1 unspecified atom stereocenters. The summed E-state index contributed by atoms with van der Waals surface area (Å²) >= 11 is 1.53. The third kappa shape index (κ3) is 3.39. The van der Waals surface area contributed by atoms with E-state index in [1.165, 1.54) is 23.9 Å². The number of hydrogen-bond acceptors (Lipinski definition) is 2. The maximum Gasteiger partial charge on any atom is 0.124 e. The fraction of sp³-hybridized carbons (Fsp3) is 0.364. The molecule has 0 radical (unpaired) electrons. The summed E-state index contributed by atoms with van der Waals surface area (Å²) in [4.78, 5) is 0.888. The van der Waals surface area contributed by atoms with Crippen LogP contribution in [0.25, 0.3) is 0 Å². The Morgan fingerprint density at radius 1 is 1.57 bits per heavy atom. The van der Waals surface area contributed by atoms with Gasteiger partial charge in [-0.1, -0.05) is 13.0 Å². The minimum absolute atomic E-state index is 0.0586. The fourth-order valence-corrected chi connectivity index (χ4v) is 2.07. The van der Waals surface area contributed by atoms with Gasteiger partial charge >= 0.3 is 0 Å². The molecule has 3 heteroatoms. The van der Waals surface area contributed by atoms with Gasteiger partial charge in [-0.3, -0.25) is 0 Å². The van der Waals surface area contributed by atoms with Crippen LogP contribution in [0.4, 0.5) is 4.39 Å². The van der Waals surface area contributed by atoms with Crippen molar-refractivity contribution in [2.45, 2.75) is 18.2 Å². The van der Waals surface area contributed by atoms with Crippen molar-refractivity contribution in [1.82, 2.24) is 0 Å². The van der Waals surface area contributed by atoms with Crippen molar-refractivity contribution in [2.24, 2.45) is 5.92 Å². The highest BCUT2D eigenvalue weighted by Crippen LogP contribution is 2.22. The van der Waals surface area contributed by atoms with E-state index in [1.807, 2.05) is 13.0 Å². The standard InChI is InChI=1S/C11H12FNS/c1-2-9(7-13)8-14-11-5-3-4-10(12)6-11/h3-6,9H,2,8H2,1H3. The van der Waals surface area contributed by atoms with Crippen LogP contribution in [-0.2, 0) is 0 Å². The van der Waals surface area contributed by atoms with E-state index in [4.69, 9.17) is 5.26 Å². The largest absolute Gasteiger partial charge is 0.207 e. The molecule has 74 valence electrons. The number of nitriles is 1. The van der Waals surface area contributed by atoms with Crippen molar-refractivity contribution in [3.8, 4) is 6.07 Å². The number of thioether (sulfide) groups is 1. The molecule has 0 heterocycles. The Balaban J connectivity index is 2.50. The molecule has 1 rings (SSSR count). The van der Waals surface area contributed by atoms with Crippen molar-refractivity contribution >= 4 is 11.8 Å². The van der Waals surface area contributed by atoms with Crippen LogP contribution in [0.5, 0.6) is 0 Å². The van der Waals surface area contributed by atoms with Gasteiger partial charge in [-0.2, -0.15) is 5.26 Å². The molecular formula is C11H12FNS. The first-order chi connectivity index (χ1) is 6.76. The molecule has 0 aliphatic carbocycles. The molecule has 1 atom stereocenters. The van der Waals surface area contributed by atoms with Gasteiger partial charge in [0.2, 0.25) is 0 Å². The molecule has 14 heavy (non-hydrogen) atoms. The van der Waals surface area contributed by atoms with Crippen LogP contribution in [0.15, 0.2) is 29.2 Å². The maximum atomic E-state index is 12.8. The van der Waals surface area contributed by atoms with Crippen LogP contribution in [0.1, 0.15) is 13.3 Å². The summed E-state index contributed by atoms with van der Waals surface area (Å²) in [6, 6.07) is 8.68. The molecule has 0 aliphatic rings. The third-order valence-corrected chi connectivity index (χ3v) is 3.08. The highest BCUT2D eigenvalue weighted by atomic mass is 32.2. The second-order valence-corrected chi connectivity index (χ2v) is 4.10. The van der Waals surface area contributed by atoms with E-state index >= 15 is 0 Å². The van der Waals surface area contributed by atoms with Gasteiger partial charge < -0.3 is 0 Å². The van der Waals surface area contributed by atoms with Crippen molar-refractivity contribution in [3.63, 3.8) is 0 Å². The van der Waals surface area contributed by atoms with Crippen molar-refractivity contribution in [2.75, 3.05) is 5.75 Å². The topological polar surface area (TPSA) is 23.8 Å². The lowest BCUT2D eigenvalue weighted by Gasteiger charge is -2.05. The van der Waals surface area contributed by atoms with Gasteiger partial charge in [0.1, 0.15) is 5.82 Å². The van der Waals surface area contributed by atoms with Crippen LogP contribution >= 0.6 is 11.8 Å². The molecule has 0 amide bonds. The van der Waals surface area contributed by atoms with E-state index < -0.39 is 0 Å². The Hall–Kier alpha value is -1.01. The highest BCUT2D eigenvalue weighted by molar-refractivity contribution is 7.99. The van der Waals surface area contributed by atoms with Gasteiger partial charge in [0.25, 0.3) is 0 Å². The van der Waals surface area contributed by atoms with E-state index in [0.717, 1.165) is 17.1 Å². The molecule has 1 aromatic rings. The van der Waals surface area contributed by atoms with Gasteiger partial charge in [0.05, 0.1) is 12.0 Å². The smallest absolute Gasteiger partial charge is 0.124 e. The van der Waals surface area contributed by atoms with E-state index in [-0.39, 0.29) is 11.7 Å². The lowest BCUT2D eigenvalue weighted by Crippen LogP contribution is -1.97. The zero-order chi connectivity index (χ0) is 10.4. The normalized spacial score (nSPS) is 12.1. The lowest BCUT2D eigenvalue weighted by atomic mass is 10.1. The van der Waals surface area contributed by atoms with Crippen LogP contribution in [0, 0.1) is 23.1 Å². The summed E-state index contributed by atoms with van der Waals surface area (Å²) in [5.74, 6) is 0.569. The van der Waals surface area contributed by atoms with Gasteiger partial charge in [0, 0.05) is 10.6 Å². The van der Waals surface area contributed by atoms with Crippen molar-refractivity contribution < 1.29 is 4.39 Å². The molecular weight excluding hydrogens is 197 g/mol. The van der Waals surface area contributed by atoms with Gasteiger partial charge in [0.15, 0.2) is 0 Å². The second kappa shape index (κ2) is 5.66. The van der Waals surface area contributed by atoms with Crippen molar-refractivity contribution in [3.05, 3.63) is 30.1 Å². The molecule has 0 bridgehead atoms. The number of nitrogens with zero attached hydrogens (tertiary/aromatic N) is 1. The van der Waals surface area contributed by atoms with Crippen LogP contribution in [0.2, 0.25) is 0 Å². The average Bonchev–Trinajstić information content (AvgIpc) is 2.19. The zero-order valence-electron chi connectivity index (χ0n) is 8.03. The van der Waals surface area contributed by atoms with Crippen LogP contribution in [-0.4, -0.2) is 5.75 Å². The molecule has 0 spiro atoms. The Labute approximate surface area is 87.9 Å². The number of hydrogen-bond donors (Lipinski definition) is 0. The molecule has 0 saturated carbocycles. The Bertz CT molecular complexity index is 332. The number of rotatable bonds is 4. The summed E-state index contributed by atoms with van der Waals surface area (Å²) in [5.41, 5.74) is 0. The summed E-state index contributed by atoms with van der Waals surface area (Å²) in [6.45, 7) is 1.99. The predicted octanol–water partition coefficient (Wildman–Crippen LogP) is 3.47. The van der Waals surface area contributed by atoms with Gasteiger partial charge in [-0.25, -0.2) is 4.39 Å². The van der Waals surface area contributed by atoms with Gasteiger partial charge in [-0.15, -0.1) is 11.8 Å². The summed E-state index contributed by atoms with van der Waals surface area (Å²) in [6.07, 6.45) is 0.846. The first-order valence-electron chi connectivity index (χ1n) is 4.54. The summed E-state index contributed by atoms with van der Waals surface area (Å²) in [5, 5.41) is 8.72. The minimum atomic E-state index is -0.222. The number of benzene rings is 1. The molecule has 0 fully saturated rings. The fourth-order valence-electron chi connectivity index (χ4n) is 1.00. The Morgan fingerprint density at radius 2 is 2.36 bits per heavy atom. The Morgan fingerprint density at radius 3 is 2.93 bits per heavy atom. The SMILES string of the molecule is CCC(C#N)CSc1cccc(F)c1. The summed E-state index contributed by atoms with van der Waals surface area (Å²) in [7, 11) is 0. The van der Waals surface area contributed by atoms with Crippen molar-refractivity contribution in [1.29, 1.82) is 5.26 Å². The second-order valence-electron chi connectivity index (χ2n) is 3.00. The highest BCUT2D eigenvalue weighted by Gasteiger charge is 2.05. The third-order valence-electron chi connectivity index (χ3n) is 1.92. The molecule has 0 aromatic heterocycles. The minimum Gasteiger partial charge on any atom is -0.207 e. The molecule has 1 nitrogen and oxygen atoms in total. The number of halogens is 1. The van der Waals surface area contributed by atoms with E-state index in [9.17, 15) is 4.39 Å². The molecule has 0 aliphatic heterocycles. The average molecular weight is 209 g/mol. The van der Waals surface area contributed by atoms with E-state index in [1.54, 1.807) is 6.07 Å². The first-order valence-corrected chi connectivity index (χ1v) is 5.52. The van der Waals surface area contributed by atoms with Crippen LogP contribution in [0.3, 0.4) is 0 Å². The van der Waals surface area contributed by atoms with E-state index in [2.05, 4.69) is 6.07 Å². The molecule has 1 aromatic carbocycles. The molecule has 0 saturated heterocycles. The maximum absolute atomic E-state index is 12.8. The first kappa shape index (κ1) is 11.1. The van der Waals surface area contributed by atoms with Gasteiger partial charge in [-0.05, 0) is 24.6 Å². The monoisotopic (exact) mass is 209 g/mol. The lowest BCUT2D eigenvalue weighted by molar-refractivity contribution is 0.624. The van der Waals surface area contributed by atoms with Crippen LogP contribution < -0.4 is 0 Å². The molecule has 0 N–H and O–H groups in total. The quantitative estimate of drug-likeness (QED) is 0.709. The van der Waals surface area contributed by atoms with E-state index in [0.29, 0.717) is 0 Å². The predicted molar refractivity (Wildman–Crippen MR) is 56.5 cm³/mol.